The lowest BCUT2D eigenvalue weighted by Gasteiger charge is -2.22. The van der Waals surface area contributed by atoms with E-state index in [-0.39, 0.29) is 11.4 Å². The molecule has 1 atom stereocenters. The zero-order chi connectivity index (χ0) is 11.8. The van der Waals surface area contributed by atoms with E-state index in [1.807, 2.05) is 0 Å². The monoisotopic (exact) mass is 226 g/mol. The molecule has 0 aromatic heterocycles. The number of aliphatic carboxylic acids is 1. The second kappa shape index (κ2) is 3.96. The van der Waals surface area contributed by atoms with E-state index >= 15 is 0 Å². The topological polar surface area (TPSA) is 69.6 Å². The zero-order valence-corrected chi connectivity index (χ0v) is 9.53. The van der Waals surface area contributed by atoms with Gasteiger partial charge in [0, 0.05) is 13.1 Å². The molecule has 2 fully saturated rings. The maximum atomic E-state index is 11.8. The first-order chi connectivity index (χ1) is 7.52. The van der Waals surface area contributed by atoms with Crippen LogP contribution in [0.25, 0.3) is 0 Å². The Hall–Kier alpha value is -1.26. The third kappa shape index (κ3) is 2.28. The van der Waals surface area contributed by atoms with Crippen molar-refractivity contribution in [3.05, 3.63) is 0 Å². The van der Waals surface area contributed by atoms with E-state index in [1.165, 1.54) is 4.90 Å². The molecule has 0 bridgehead atoms. The molecule has 2 N–H and O–H groups in total. The molecule has 1 unspecified atom stereocenters. The van der Waals surface area contributed by atoms with Gasteiger partial charge >= 0.3 is 12.0 Å². The van der Waals surface area contributed by atoms with Crippen molar-refractivity contribution in [2.75, 3.05) is 13.1 Å². The van der Waals surface area contributed by atoms with Gasteiger partial charge in [-0.15, -0.1) is 0 Å². The molecule has 1 saturated heterocycles. The number of carboxylic acid groups (broad SMARTS) is 1. The van der Waals surface area contributed by atoms with Gasteiger partial charge in [-0.25, -0.2) is 9.59 Å². The highest BCUT2D eigenvalue weighted by molar-refractivity contribution is 5.83. The number of carboxylic acids is 1. The summed E-state index contributed by atoms with van der Waals surface area (Å²) in [7, 11) is 0. The standard InChI is InChI=1S/C11H18N2O3/c1-11(4-5-11)7-12-10(16)13-6-2-3-8(13)9(14)15/h8H,2-7H2,1H3,(H,12,16)(H,14,15). The van der Waals surface area contributed by atoms with Gasteiger partial charge in [0.1, 0.15) is 6.04 Å². The quantitative estimate of drug-likeness (QED) is 0.755. The molecule has 0 radical (unpaired) electrons. The maximum Gasteiger partial charge on any atom is 0.326 e. The van der Waals surface area contributed by atoms with Crippen LogP contribution in [0, 0.1) is 5.41 Å². The van der Waals surface area contributed by atoms with Crippen LogP contribution in [-0.4, -0.2) is 41.1 Å². The Morgan fingerprint density at radius 1 is 1.50 bits per heavy atom. The largest absolute Gasteiger partial charge is 0.480 e. The fraction of sp³-hybridized carbons (Fsp3) is 0.818. The Kier molecular flexibility index (Phi) is 2.78. The molecule has 0 aromatic carbocycles. The van der Waals surface area contributed by atoms with Crippen LogP contribution in [0.2, 0.25) is 0 Å². The highest BCUT2D eigenvalue weighted by Crippen LogP contribution is 2.44. The van der Waals surface area contributed by atoms with Gasteiger partial charge in [-0.2, -0.15) is 0 Å². The van der Waals surface area contributed by atoms with Crippen LogP contribution >= 0.6 is 0 Å². The summed E-state index contributed by atoms with van der Waals surface area (Å²) in [4.78, 5) is 24.1. The van der Waals surface area contributed by atoms with Crippen LogP contribution in [0.5, 0.6) is 0 Å². The normalized spacial score (nSPS) is 26.6. The number of nitrogens with zero attached hydrogens (tertiary/aromatic N) is 1. The number of rotatable bonds is 3. The van der Waals surface area contributed by atoms with Crippen LogP contribution in [0.15, 0.2) is 0 Å². The Morgan fingerprint density at radius 2 is 2.19 bits per heavy atom. The summed E-state index contributed by atoms with van der Waals surface area (Å²) < 4.78 is 0. The van der Waals surface area contributed by atoms with Crippen molar-refractivity contribution in [3.8, 4) is 0 Å². The second-order valence-electron chi connectivity index (χ2n) is 5.16. The van der Waals surface area contributed by atoms with Gasteiger partial charge in [-0.3, -0.25) is 0 Å². The fourth-order valence-corrected chi connectivity index (χ4v) is 2.05. The molecule has 2 aliphatic rings. The number of amides is 2. The van der Waals surface area contributed by atoms with E-state index in [4.69, 9.17) is 5.11 Å². The number of urea groups is 1. The number of carbonyl (C=O) groups is 2. The molecule has 1 aliphatic heterocycles. The predicted octanol–water partition coefficient (Wildman–Crippen LogP) is 1.05. The molecule has 1 saturated carbocycles. The predicted molar refractivity (Wildman–Crippen MR) is 58.1 cm³/mol. The summed E-state index contributed by atoms with van der Waals surface area (Å²) in [5.41, 5.74) is 0.258. The number of nitrogens with one attached hydrogen (secondary N) is 1. The molecule has 0 aromatic rings. The lowest BCUT2D eigenvalue weighted by molar-refractivity contribution is -0.141. The Labute approximate surface area is 94.8 Å². The molecule has 5 nitrogen and oxygen atoms in total. The molecule has 1 aliphatic carbocycles. The summed E-state index contributed by atoms with van der Waals surface area (Å²) >= 11 is 0. The van der Waals surface area contributed by atoms with Crippen molar-refractivity contribution in [2.45, 2.75) is 38.6 Å². The molecule has 5 heteroatoms. The fourth-order valence-electron chi connectivity index (χ4n) is 2.05. The third-order valence-corrected chi connectivity index (χ3v) is 3.57. The number of hydrogen-bond acceptors (Lipinski definition) is 2. The van der Waals surface area contributed by atoms with Gasteiger partial charge < -0.3 is 15.3 Å². The minimum Gasteiger partial charge on any atom is -0.480 e. The molecule has 2 amide bonds. The molecule has 16 heavy (non-hydrogen) atoms. The van der Waals surface area contributed by atoms with Crippen molar-refractivity contribution in [1.29, 1.82) is 0 Å². The first-order valence-electron chi connectivity index (χ1n) is 5.79. The van der Waals surface area contributed by atoms with Gasteiger partial charge in [-0.05, 0) is 31.1 Å². The lowest BCUT2D eigenvalue weighted by atomic mass is 10.1. The van der Waals surface area contributed by atoms with Crippen molar-refractivity contribution < 1.29 is 14.7 Å². The SMILES string of the molecule is CC1(CNC(=O)N2CCCC2C(=O)O)CC1. The minimum atomic E-state index is -0.898. The van der Waals surface area contributed by atoms with Crippen LogP contribution in [0.1, 0.15) is 32.6 Å². The Morgan fingerprint density at radius 3 is 2.75 bits per heavy atom. The van der Waals surface area contributed by atoms with Crippen molar-refractivity contribution in [3.63, 3.8) is 0 Å². The minimum absolute atomic E-state index is 0.224. The van der Waals surface area contributed by atoms with Gasteiger partial charge in [-0.1, -0.05) is 6.92 Å². The van der Waals surface area contributed by atoms with Crippen LogP contribution in [-0.2, 0) is 4.79 Å². The van der Waals surface area contributed by atoms with E-state index < -0.39 is 12.0 Å². The highest BCUT2D eigenvalue weighted by Gasteiger charge is 2.39. The third-order valence-electron chi connectivity index (χ3n) is 3.57. The van der Waals surface area contributed by atoms with E-state index in [0.29, 0.717) is 19.5 Å². The maximum absolute atomic E-state index is 11.8. The summed E-state index contributed by atoms with van der Waals surface area (Å²) in [5, 5.41) is 11.8. The molecule has 1 heterocycles. The second-order valence-corrected chi connectivity index (χ2v) is 5.16. The van der Waals surface area contributed by atoms with E-state index in [1.54, 1.807) is 0 Å². The lowest BCUT2D eigenvalue weighted by Crippen LogP contribution is -2.47. The summed E-state index contributed by atoms with van der Waals surface area (Å²) in [6, 6.07) is -0.856. The van der Waals surface area contributed by atoms with Gasteiger partial charge in [0.05, 0.1) is 0 Å². The summed E-state index contributed by atoms with van der Waals surface area (Å²) in [6.07, 6.45) is 3.65. The van der Waals surface area contributed by atoms with Gasteiger partial charge in [0.2, 0.25) is 0 Å². The van der Waals surface area contributed by atoms with Crippen LogP contribution in [0.4, 0.5) is 4.79 Å². The molecule has 0 spiro atoms. The van der Waals surface area contributed by atoms with Crippen molar-refractivity contribution in [2.24, 2.45) is 5.41 Å². The Bertz CT molecular complexity index is 312. The average molecular weight is 226 g/mol. The van der Waals surface area contributed by atoms with E-state index in [9.17, 15) is 9.59 Å². The number of likely N-dealkylation sites (tertiary alicyclic amines) is 1. The van der Waals surface area contributed by atoms with Gasteiger partial charge in [0.15, 0.2) is 0 Å². The van der Waals surface area contributed by atoms with Crippen LogP contribution in [0.3, 0.4) is 0 Å². The Balaban J connectivity index is 1.85. The average Bonchev–Trinajstić information content (AvgIpc) is 2.81. The van der Waals surface area contributed by atoms with Gasteiger partial charge in [0.25, 0.3) is 0 Å². The number of carbonyl (C=O) groups excluding carboxylic acids is 1. The van der Waals surface area contributed by atoms with E-state index in [0.717, 1.165) is 19.3 Å². The van der Waals surface area contributed by atoms with Crippen molar-refractivity contribution >= 4 is 12.0 Å². The smallest absolute Gasteiger partial charge is 0.326 e. The highest BCUT2D eigenvalue weighted by atomic mass is 16.4. The molecule has 90 valence electrons. The zero-order valence-electron chi connectivity index (χ0n) is 9.53. The molecule has 2 rings (SSSR count). The molecular weight excluding hydrogens is 208 g/mol. The molecular formula is C11H18N2O3. The van der Waals surface area contributed by atoms with E-state index in [2.05, 4.69) is 12.2 Å². The summed E-state index contributed by atoms with van der Waals surface area (Å²) in [5.74, 6) is -0.898. The first kappa shape index (κ1) is 11.2. The number of hydrogen-bond donors (Lipinski definition) is 2. The van der Waals surface area contributed by atoms with Crippen LogP contribution < -0.4 is 5.32 Å². The first-order valence-corrected chi connectivity index (χ1v) is 5.79. The summed E-state index contributed by atoms with van der Waals surface area (Å²) in [6.45, 7) is 3.35. The van der Waals surface area contributed by atoms with Crippen molar-refractivity contribution in [1.82, 2.24) is 10.2 Å².